The van der Waals surface area contributed by atoms with Crippen LogP contribution >= 0.6 is 0 Å². The minimum Gasteiger partial charge on any atom is -0.373 e. The van der Waals surface area contributed by atoms with Crippen molar-refractivity contribution in [3.8, 4) is 0 Å². The molecule has 1 aromatic heterocycles. The van der Waals surface area contributed by atoms with Crippen LogP contribution in [-0.2, 0) is 17.8 Å². The van der Waals surface area contributed by atoms with Crippen LogP contribution in [0.4, 0.5) is 0 Å². The first kappa shape index (κ1) is 13.4. The van der Waals surface area contributed by atoms with Gasteiger partial charge in [0.05, 0.1) is 11.4 Å². The van der Waals surface area contributed by atoms with E-state index in [1.54, 1.807) is 7.11 Å². The topological polar surface area (TPSA) is 47.0 Å². The van der Waals surface area contributed by atoms with Crippen LogP contribution in [0.3, 0.4) is 0 Å². The van der Waals surface area contributed by atoms with E-state index in [0.717, 1.165) is 24.6 Å². The molecule has 100 valence electrons. The maximum absolute atomic E-state index is 5.55. The van der Waals surface area contributed by atoms with E-state index in [0.29, 0.717) is 11.8 Å². The normalized spacial score (nSPS) is 16.4. The van der Waals surface area contributed by atoms with Gasteiger partial charge in [-0.25, -0.2) is 9.97 Å². The summed E-state index contributed by atoms with van der Waals surface area (Å²) in [4.78, 5) is 9.45. The standard InChI is InChI=1S/C14H23N3O/c1-8(2)12-10-6-15-7-11(10)16-14(17-12)13(18-5)9(3)4/h8-9,13,15H,6-7H2,1-5H3. The zero-order valence-corrected chi connectivity index (χ0v) is 11.9. The molecule has 1 aromatic rings. The van der Waals surface area contributed by atoms with Crippen LogP contribution in [0.1, 0.15) is 62.5 Å². The van der Waals surface area contributed by atoms with Gasteiger partial charge in [0.15, 0.2) is 5.82 Å². The third kappa shape index (κ3) is 2.40. The van der Waals surface area contributed by atoms with E-state index in [-0.39, 0.29) is 6.10 Å². The summed E-state index contributed by atoms with van der Waals surface area (Å²) in [5.74, 6) is 1.63. The van der Waals surface area contributed by atoms with Crippen molar-refractivity contribution in [3.05, 3.63) is 22.8 Å². The molecule has 0 saturated heterocycles. The fourth-order valence-corrected chi connectivity index (χ4v) is 2.49. The number of aromatic nitrogens is 2. The highest BCUT2D eigenvalue weighted by atomic mass is 16.5. The quantitative estimate of drug-likeness (QED) is 0.891. The minimum absolute atomic E-state index is 0.0200. The highest BCUT2D eigenvalue weighted by molar-refractivity contribution is 5.31. The van der Waals surface area contributed by atoms with Crippen molar-refractivity contribution in [2.24, 2.45) is 5.92 Å². The van der Waals surface area contributed by atoms with E-state index in [9.17, 15) is 0 Å². The summed E-state index contributed by atoms with van der Waals surface area (Å²) in [5.41, 5.74) is 3.60. The van der Waals surface area contributed by atoms with Crippen molar-refractivity contribution in [1.29, 1.82) is 0 Å². The monoisotopic (exact) mass is 249 g/mol. The van der Waals surface area contributed by atoms with Gasteiger partial charge in [-0.3, -0.25) is 0 Å². The van der Waals surface area contributed by atoms with Crippen molar-refractivity contribution in [3.63, 3.8) is 0 Å². The Balaban J connectivity index is 2.47. The number of nitrogens with one attached hydrogen (secondary N) is 1. The largest absolute Gasteiger partial charge is 0.373 e. The molecule has 1 N–H and O–H groups in total. The van der Waals surface area contributed by atoms with Gasteiger partial charge in [0.25, 0.3) is 0 Å². The first-order chi connectivity index (χ1) is 8.54. The van der Waals surface area contributed by atoms with Crippen molar-refractivity contribution >= 4 is 0 Å². The first-order valence-corrected chi connectivity index (χ1v) is 6.67. The highest BCUT2D eigenvalue weighted by Gasteiger charge is 2.25. The Kier molecular flexibility index (Phi) is 3.97. The second kappa shape index (κ2) is 5.33. The van der Waals surface area contributed by atoms with E-state index < -0.39 is 0 Å². The van der Waals surface area contributed by atoms with E-state index in [1.807, 2.05) is 0 Å². The van der Waals surface area contributed by atoms with Crippen LogP contribution in [-0.4, -0.2) is 17.1 Å². The first-order valence-electron chi connectivity index (χ1n) is 6.67. The van der Waals surface area contributed by atoms with Crippen LogP contribution in [0.15, 0.2) is 0 Å². The summed E-state index contributed by atoms with van der Waals surface area (Å²) >= 11 is 0. The second-order valence-corrected chi connectivity index (χ2v) is 5.55. The SMILES string of the molecule is COC(c1nc2c(c(C(C)C)n1)CNC2)C(C)C. The fraction of sp³-hybridized carbons (Fsp3) is 0.714. The number of hydrogen-bond donors (Lipinski definition) is 1. The van der Waals surface area contributed by atoms with E-state index in [1.165, 1.54) is 11.3 Å². The smallest absolute Gasteiger partial charge is 0.157 e. The maximum atomic E-state index is 5.55. The van der Waals surface area contributed by atoms with Crippen molar-refractivity contribution in [2.75, 3.05) is 7.11 Å². The molecule has 18 heavy (non-hydrogen) atoms. The molecule has 0 radical (unpaired) electrons. The van der Waals surface area contributed by atoms with Gasteiger partial charge in [-0.2, -0.15) is 0 Å². The molecule has 0 saturated carbocycles. The molecule has 2 heterocycles. The summed E-state index contributed by atoms with van der Waals surface area (Å²) in [6, 6.07) is 0. The van der Waals surface area contributed by atoms with E-state index >= 15 is 0 Å². The zero-order valence-electron chi connectivity index (χ0n) is 11.9. The molecule has 0 aliphatic carbocycles. The van der Waals surface area contributed by atoms with Gasteiger partial charge in [0, 0.05) is 25.8 Å². The lowest BCUT2D eigenvalue weighted by Gasteiger charge is -2.20. The molecule has 4 heteroatoms. The molecule has 0 spiro atoms. The molecule has 0 amide bonds. The Morgan fingerprint density at radius 3 is 2.39 bits per heavy atom. The molecule has 1 atom stereocenters. The van der Waals surface area contributed by atoms with Crippen LogP contribution in [0.2, 0.25) is 0 Å². The number of nitrogens with zero attached hydrogens (tertiary/aromatic N) is 2. The molecule has 1 unspecified atom stereocenters. The van der Waals surface area contributed by atoms with Crippen LogP contribution < -0.4 is 5.32 Å². The third-order valence-electron chi connectivity index (χ3n) is 3.40. The van der Waals surface area contributed by atoms with Gasteiger partial charge in [-0.05, 0) is 11.8 Å². The predicted molar refractivity (Wildman–Crippen MR) is 71.3 cm³/mol. The van der Waals surface area contributed by atoms with Crippen molar-refractivity contribution in [1.82, 2.24) is 15.3 Å². The van der Waals surface area contributed by atoms with Gasteiger partial charge in [-0.1, -0.05) is 27.7 Å². The summed E-state index contributed by atoms with van der Waals surface area (Å²) in [6.45, 7) is 10.4. The van der Waals surface area contributed by atoms with Gasteiger partial charge < -0.3 is 10.1 Å². The molecular weight excluding hydrogens is 226 g/mol. The Morgan fingerprint density at radius 1 is 1.11 bits per heavy atom. The molecule has 2 rings (SSSR count). The fourth-order valence-electron chi connectivity index (χ4n) is 2.49. The highest BCUT2D eigenvalue weighted by Crippen LogP contribution is 2.28. The summed E-state index contributed by atoms with van der Waals surface area (Å²) in [5, 5.41) is 3.35. The predicted octanol–water partition coefficient (Wildman–Crippen LogP) is 2.55. The summed E-state index contributed by atoms with van der Waals surface area (Å²) in [6.07, 6.45) is -0.0200. The molecule has 1 aliphatic rings. The molecular formula is C14H23N3O. The van der Waals surface area contributed by atoms with Gasteiger partial charge in [0.2, 0.25) is 0 Å². The number of methoxy groups -OCH3 is 1. The van der Waals surface area contributed by atoms with Crippen molar-refractivity contribution < 1.29 is 4.74 Å². The van der Waals surface area contributed by atoms with E-state index in [4.69, 9.17) is 14.7 Å². The number of fused-ring (bicyclic) bond motifs is 1. The number of ether oxygens (including phenoxy) is 1. The molecule has 0 aromatic carbocycles. The summed E-state index contributed by atoms with van der Waals surface area (Å²) in [7, 11) is 1.73. The lowest BCUT2D eigenvalue weighted by Crippen LogP contribution is -2.16. The average Bonchev–Trinajstić information content (AvgIpc) is 2.76. The number of rotatable bonds is 4. The Morgan fingerprint density at radius 2 is 1.83 bits per heavy atom. The van der Waals surface area contributed by atoms with Crippen molar-refractivity contribution in [2.45, 2.75) is 52.8 Å². The molecule has 4 nitrogen and oxygen atoms in total. The second-order valence-electron chi connectivity index (χ2n) is 5.55. The van der Waals surface area contributed by atoms with Gasteiger partial charge in [-0.15, -0.1) is 0 Å². The molecule has 0 bridgehead atoms. The maximum Gasteiger partial charge on any atom is 0.157 e. The molecule has 0 fully saturated rings. The van der Waals surface area contributed by atoms with Crippen LogP contribution in [0.5, 0.6) is 0 Å². The Labute approximate surface area is 109 Å². The van der Waals surface area contributed by atoms with Gasteiger partial charge in [0.1, 0.15) is 6.10 Å². The molecule has 1 aliphatic heterocycles. The van der Waals surface area contributed by atoms with Gasteiger partial charge >= 0.3 is 0 Å². The Hall–Kier alpha value is -1.00. The van der Waals surface area contributed by atoms with E-state index in [2.05, 4.69) is 33.0 Å². The number of hydrogen-bond acceptors (Lipinski definition) is 4. The van der Waals surface area contributed by atoms with Crippen LogP contribution in [0, 0.1) is 5.92 Å². The Bertz CT molecular complexity index is 429. The van der Waals surface area contributed by atoms with Crippen LogP contribution in [0.25, 0.3) is 0 Å². The minimum atomic E-state index is -0.0200. The summed E-state index contributed by atoms with van der Waals surface area (Å²) < 4.78 is 5.55. The average molecular weight is 249 g/mol. The lowest BCUT2D eigenvalue weighted by molar-refractivity contribution is 0.0570. The third-order valence-corrected chi connectivity index (χ3v) is 3.40. The zero-order chi connectivity index (χ0) is 13.3. The lowest BCUT2D eigenvalue weighted by atomic mass is 10.0.